The number of hydrogen-bond donors (Lipinski definition) is 1. The summed E-state index contributed by atoms with van der Waals surface area (Å²) in [6.07, 6.45) is 1.03. The number of nitrogens with zero attached hydrogens (tertiary/aromatic N) is 1. The molecule has 3 aromatic rings. The maximum atomic E-state index is 12.9. The van der Waals surface area contributed by atoms with Gasteiger partial charge >= 0.3 is 5.97 Å². The summed E-state index contributed by atoms with van der Waals surface area (Å²) in [5, 5.41) is 2.65. The standard InChI is InChI=1S/C24H24N2O6S/c1-17(23(27)25-19-9-7-8-18(16-19)24(28)31-2)26(33(3,29)30)20-12-14-22(15-13-20)32-21-10-5-4-6-11-21/h4-17H,1-3H3,(H,25,27)/t17-/m0/s1. The Hall–Kier alpha value is -3.85. The van der Waals surface area contributed by atoms with E-state index in [1.165, 1.54) is 20.1 Å². The number of carbonyl (C=O) groups is 2. The highest BCUT2D eigenvalue weighted by atomic mass is 32.2. The van der Waals surface area contributed by atoms with Crippen LogP contribution in [0.1, 0.15) is 17.3 Å². The van der Waals surface area contributed by atoms with Crippen molar-refractivity contribution in [1.82, 2.24) is 0 Å². The van der Waals surface area contributed by atoms with Gasteiger partial charge in [-0.1, -0.05) is 24.3 Å². The summed E-state index contributed by atoms with van der Waals surface area (Å²) in [5.41, 5.74) is 0.913. The third kappa shape index (κ3) is 6.11. The van der Waals surface area contributed by atoms with Gasteiger partial charge in [-0.2, -0.15) is 0 Å². The Morgan fingerprint density at radius 3 is 2.15 bits per heavy atom. The molecule has 0 aromatic heterocycles. The zero-order valence-electron chi connectivity index (χ0n) is 18.4. The quantitative estimate of drug-likeness (QED) is 0.500. The summed E-state index contributed by atoms with van der Waals surface area (Å²) in [5.74, 6) is 0.0593. The van der Waals surface area contributed by atoms with Crippen LogP contribution in [0.4, 0.5) is 11.4 Å². The molecule has 0 aliphatic heterocycles. The molecular formula is C24H24N2O6S. The van der Waals surface area contributed by atoms with Crippen LogP contribution in [-0.2, 0) is 19.6 Å². The molecule has 0 bridgehead atoms. The normalized spacial score (nSPS) is 11.8. The van der Waals surface area contributed by atoms with Crippen molar-refractivity contribution in [3.05, 3.63) is 84.4 Å². The Morgan fingerprint density at radius 1 is 0.909 bits per heavy atom. The first-order valence-electron chi connectivity index (χ1n) is 10.0. The van der Waals surface area contributed by atoms with E-state index in [1.54, 1.807) is 54.6 Å². The predicted molar refractivity (Wildman–Crippen MR) is 126 cm³/mol. The summed E-state index contributed by atoms with van der Waals surface area (Å²) in [6.45, 7) is 1.48. The molecule has 0 radical (unpaired) electrons. The van der Waals surface area contributed by atoms with E-state index in [-0.39, 0.29) is 5.56 Å². The maximum Gasteiger partial charge on any atom is 0.337 e. The van der Waals surface area contributed by atoms with Gasteiger partial charge in [-0.05, 0) is 61.5 Å². The third-order valence-electron chi connectivity index (χ3n) is 4.71. The zero-order chi connectivity index (χ0) is 24.0. The lowest BCUT2D eigenvalue weighted by molar-refractivity contribution is -0.116. The van der Waals surface area contributed by atoms with Crippen LogP contribution in [-0.4, -0.2) is 39.7 Å². The number of esters is 1. The Balaban J connectivity index is 1.80. The van der Waals surface area contributed by atoms with Gasteiger partial charge in [-0.25, -0.2) is 13.2 Å². The van der Waals surface area contributed by atoms with Crippen molar-refractivity contribution in [3.8, 4) is 11.5 Å². The molecule has 1 N–H and O–H groups in total. The molecule has 1 amide bonds. The number of rotatable bonds is 8. The van der Waals surface area contributed by atoms with Crippen molar-refractivity contribution in [2.24, 2.45) is 0 Å². The summed E-state index contributed by atoms with van der Waals surface area (Å²) < 4.78 is 36.5. The third-order valence-corrected chi connectivity index (χ3v) is 5.95. The van der Waals surface area contributed by atoms with Crippen LogP contribution < -0.4 is 14.4 Å². The second-order valence-electron chi connectivity index (χ2n) is 7.21. The predicted octanol–water partition coefficient (Wildman–Crippen LogP) is 4.06. The zero-order valence-corrected chi connectivity index (χ0v) is 19.2. The fourth-order valence-electron chi connectivity index (χ4n) is 3.18. The van der Waals surface area contributed by atoms with E-state index in [1.807, 2.05) is 18.2 Å². The fraction of sp³-hybridized carbons (Fsp3) is 0.167. The number of hydrogen-bond acceptors (Lipinski definition) is 6. The van der Waals surface area contributed by atoms with Gasteiger partial charge in [0, 0.05) is 5.69 Å². The first-order valence-corrected chi connectivity index (χ1v) is 11.9. The molecule has 3 aromatic carbocycles. The smallest absolute Gasteiger partial charge is 0.337 e. The van der Waals surface area contributed by atoms with E-state index in [4.69, 9.17) is 4.74 Å². The highest BCUT2D eigenvalue weighted by Gasteiger charge is 2.29. The molecule has 3 rings (SSSR count). The van der Waals surface area contributed by atoms with Crippen molar-refractivity contribution >= 4 is 33.3 Å². The topological polar surface area (TPSA) is 102 Å². The fourth-order valence-corrected chi connectivity index (χ4v) is 4.36. The number of benzene rings is 3. The van der Waals surface area contributed by atoms with Crippen LogP contribution in [0.15, 0.2) is 78.9 Å². The van der Waals surface area contributed by atoms with E-state index in [2.05, 4.69) is 10.1 Å². The van der Waals surface area contributed by atoms with Crippen molar-refractivity contribution < 1.29 is 27.5 Å². The minimum Gasteiger partial charge on any atom is -0.465 e. The van der Waals surface area contributed by atoms with Crippen LogP contribution in [0, 0.1) is 0 Å². The molecule has 8 nitrogen and oxygen atoms in total. The number of anilines is 2. The molecule has 172 valence electrons. The Labute approximate surface area is 192 Å². The molecule has 0 heterocycles. The van der Waals surface area contributed by atoms with Gasteiger partial charge in [0.25, 0.3) is 0 Å². The molecule has 0 saturated heterocycles. The largest absolute Gasteiger partial charge is 0.465 e. The Morgan fingerprint density at radius 2 is 1.55 bits per heavy atom. The number of amides is 1. The summed E-state index contributed by atoms with van der Waals surface area (Å²) in [7, 11) is -2.53. The van der Waals surface area contributed by atoms with Crippen LogP contribution in [0.2, 0.25) is 0 Å². The van der Waals surface area contributed by atoms with E-state index in [0.717, 1.165) is 10.6 Å². The number of carbonyl (C=O) groups excluding carboxylic acids is 2. The van der Waals surface area contributed by atoms with E-state index < -0.39 is 27.9 Å². The Bertz CT molecular complexity index is 1230. The van der Waals surface area contributed by atoms with Crippen molar-refractivity contribution in [1.29, 1.82) is 0 Å². The van der Waals surface area contributed by atoms with Gasteiger partial charge in [0.05, 0.1) is 24.6 Å². The van der Waals surface area contributed by atoms with Gasteiger partial charge in [0.1, 0.15) is 17.5 Å². The maximum absolute atomic E-state index is 12.9. The number of sulfonamides is 1. The molecule has 1 atom stereocenters. The summed E-state index contributed by atoms with van der Waals surface area (Å²) in [6, 6.07) is 20.7. The molecule has 0 aliphatic rings. The van der Waals surface area contributed by atoms with Gasteiger partial charge in [0.2, 0.25) is 15.9 Å². The lowest BCUT2D eigenvalue weighted by atomic mass is 10.2. The average Bonchev–Trinajstić information content (AvgIpc) is 2.79. The van der Waals surface area contributed by atoms with Crippen molar-refractivity contribution in [3.63, 3.8) is 0 Å². The lowest BCUT2D eigenvalue weighted by Crippen LogP contribution is -2.45. The SMILES string of the molecule is COC(=O)c1cccc(NC(=O)[C@H](C)N(c2ccc(Oc3ccccc3)cc2)S(C)(=O)=O)c1. The van der Waals surface area contributed by atoms with Gasteiger partial charge in [-0.3, -0.25) is 9.10 Å². The van der Waals surface area contributed by atoms with E-state index in [9.17, 15) is 18.0 Å². The van der Waals surface area contributed by atoms with Gasteiger partial charge in [-0.15, -0.1) is 0 Å². The van der Waals surface area contributed by atoms with E-state index >= 15 is 0 Å². The van der Waals surface area contributed by atoms with Gasteiger partial charge < -0.3 is 14.8 Å². The molecule has 0 spiro atoms. The minimum atomic E-state index is -3.79. The summed E-state index contributed by atoms with van der Waals surface area (Å²) in [4.78, 5) is 24.6. The molecular weight excluding hydrogens is 444 g/mol. The number of methoxy groups -OCH3 is 1. The highest BCUT2D eigenvalue weighted by Crippen LogP contribution is 2.27. The average molecular weight is 469 g/mol. The first-order chi connectivity index (χ1) is 15.7. The van der Waals surface area contributed by atoms with E-state index in [0.29, 0.717) is 22.9 Å². The number of nitrogens with one attached hydrogen (secondary N) is 1. The van der Waals surface area contributed by atoms with Crippen LogP contribution >= 0.6 is 0 Å². The van der Waals surface area contributed by atoms with Crippen LogP contribution in [0.5, 0.6) is 11.5 Å². The number of para-hydroxylation sites is 1. The van der Waals surface area contributed by atoms with Crippen molar-refractivity contribution in [2.75, 3.05) is 23.0 Å². The van der Waals surface area contributed by atoms with Crippen molar-refractivity contribution in [2.45, 2.75) is 13.0 Å². The molecule has 0 aliphatic carbocycles. The van der Waals surface area contributed by atoms with Crippen LogP contribution in [0.3, 0.4) is 0 Å². The summed E-state index contributed by atoms with van der Waals surface area (Å²) >= 11 is 0. The van der Waals surface area contributed by atoms with Gasteiger partial charge in [0.15, 0.2) is 0 Å². The monoisotopic (exact) mass is 468 g/mol. The Kier molecular flexibility index (Phi) is 7.34. The van der Waals surface area contributed by atoms with Crippen LogP contribution in [0.25, 0.3) is 0 Å². The minimum absolute atomic E-state index is 0.261. The molecule has 9 heteroatoms. The molecule has 0 fully saturated rings. The first kappa shape index (κ1) is 23.8. The lowest BCUT2D eigenvalue weighted by Gasteiger charge is -2.28. The second-order valence-corrected chi connectivity index (χ2v) is 9.06. The second kappa shape index (κ2) is 10.2. The molecule has 0 saturated carbocycles. The highest BCUT2D eigenvalue weighted by molar-refractivity contribution is 7.92. The molecule has 0 unspecified atom stereocenters. The number of ether oxygens (including phenoxy) is 2. The molecule has 33 heavy (non-hydrogen) atoms.